The maximum absolute atomic E-state index is 10.7. The van der Waals surface area contributed by atoms with Crippen molar-refractivity contribution in [3.8, 4) is 0 Å². The third-order valence-electron chi connectivity index (χ3n) is 2.73. The molecule has 0 amide bonds. The van der Waals surface area contributed by atoms with Crippen LogP contribution in [0.5, 0.6) is 0 Å². The third kappa shape index (κ3) is 16.8. The highest BCUT2D eigenvalue weighted by atomic mass is 35.8. The number of ether oxygens (including phenoxy) is 1. The molecule has 114 valence electrons. The van der Waals surface area contributed by atoms with E-state index in [0.29, 0.717) is 6.61 Å². The smallest absolute Gasteiger partial charge is 0.341 e. The number of rotatable bonds is 12. The Bertz CT molecular complexity index is 234. The highest BCUT2D eigenvalue weighted by Gasteiger charge is 2.23. The minimum atomic E-state index is -2.39. The molecule has 0 bridgehead atoms. The summed E-state index contributed by atoms with van der Waals surface area (Å²) in [5.74, 6) is -0.393. The van der Waals surface area contributed by atoms with E-state index in [2.05, 4.69) is 0 Å². The molecule has 0 aromatic heterocycles. The van der Waals surface area contributed by atoms with E-state index in [1.54, 1.807) is 0 Å². The molecule has 0 N–H and O–H groups in total. The molecule has 0 aromatic rings. The van der Waals surface area contributed by atoms with Crippen molar-refractivity contribution < 1.29 is 9.53 Å². The van der Waals surface area contributed by atoms with Crippen LogP contribution in [-0.4, -0.2) is 24.5 Å². The predicted octanol–water partition coefficient (Wildman–Crippen LogP) is 5.54. The Hall–Kier alpha value is 0.847. The van der Waals surface area contributed by atoms with Gasteiger partial charge in [0.05, 0.1) is 6.61 Å². The predicted molar refractivity (Wildman–Crippen MR) is 86.7 cm³/mol. The van der Waals surface area contributed by atoms with E-state index in [-0.39, 0.29) is 11.8 Å². The summed E-state index contributed by atoms with van der Waals surface area (Å²) in [5, 5.41) is 0. The summed E-state index contributed by atoms with van der Waals surface area (Å²) in [5.41, 5.74) is 0. The van der Waals surface area contributed by atoms with E-state index < -0.39 is 6.00 Å². The Kier molecular flexibility index (Phi) is 13.1. The van der Waals surface area contributed by atoms with Gasteiger partial charge in [0.1, 0.15) is 5.88 Å². The van der Waals surface area contributed by atoms with E-state index in [4.69, 9.17) is 49.6 Å². The molecule has 0 spiro atoms. The van der Waals surface area contributed by atoms with Crippen molar-refractivity contribution in [3.05, 3.63) is 0 Å². The number of hydrogen-bond acceptors (Lipinski definition) is 2. The van der Waals surface area contributed by atoms with Crippen LogP contribution in [0.25, 0.3) is 0 Å². The largest absolute Gasteiger partial charge is 0.465 e. The first kappa shape index (κ1) is 19.8. The van der Waals surface area contributed by atoms with E-state index >= 15 is 0 Å². The summed E-state index contributed by atoms with van der Waals surface area (Å²) in [6, 6.07) is -1.63. The van der Waals surface area contributed by atoms with Crippen molar-refractivity contribution >= 4 is 56.8 Å². The minimum absolute atomic E-state index is 0.0585. The molecule has 0 rings (SSSR count). The zero-order chi connectivity index (χ0) is 14.6. The van der Waals surface area contributed by atoms with E-state index in [1.165, 1.54) is 25.7 Å². The van der Waals surface area contributed by atoms with Crippen LogP contribution in [-0.2, 0) is 9.53 Å². The Labute approximate surface area is 136 Å². The lowest BCUT2D eigenvalue weighted by molar-refractivity contribution is -0.140. The second-order valence-corrected chi connectivity index (χ2v) is 14.1. The molecule has 0 radical (unpaired) electrons. The fourth-order valence-corrected chi connectivity index (χ4v) is 3.64. The molecule has 0 aromatic carbocycles. The quantitative estimate of drug-likeness (QED) is 0.149. The highest BCUT2D eigenvalue weighted by Crippen LogP contribution is 2.27. The van der Waals surface area contributed by atoms with Crippen LogP contribution in [0, 0.1) is 0 Å². The zero-order valence-electron chi connectivity index (χ0n) is 11.1. The molecule has 2 nitrogen and oxygen atoms in total. The lowest BCUT2D eigenvalue weighted by Crippen LogP contribution is -2.07. The molecule has 7 heteroatoms. The second-order valence-electron chi connectivity index (χ2n) is 4.55. The van der Waals surface area contributed by atoms with Gasteiger partial charge in [-0.3, -0.25) is 4.79 Å². The van der Waals surface area contributed by atoms with Gasteiger partial charge >= 0.3 is 12.0 Å². The number of hydrogen-bond donors (Lipinski definition) is 0. The molecular formula is C12H22Cl4O2Si. The van der Waals surface area contributed by atoms with Gasteiger partial charge in [0.2, 0.25) is 0 Å². The number of unbranched alkanes of at least 4 members (excludes halogenated alkanes) is 7. The second kappa shape index (κ2) is 12.6. The van der Waals surface area contributed by atoms with Crippen LogP contribution in [0.15, 0.2) is 0 Å². The fourth-order valence-electron chi connectivity index (χ4n) is 1.71. The summed E-state index contributed by atoms with van der Waals surface area (Å²) < 4.78 is 4.88. The van der Waals surface area contributed by atoms with Crippen molar-refractivity contribution in [3.63, 3.8) is 0 Å². The van der Waals surface area contributed by atoms with Crippen LogP contribution in [0.1, 0.15) is 51.4 Å². The average molecular weight is 368 g/mol. The highest BCUT2D eigenvalue weighted by molar-refractivity contribution is 7.64. The average Bonchev–Trinajstić information content (AvgIpc) is 2.34. The molecule has 0 aliphatic carbocycles. The third-order valence-corrected chi connectivity index (χ3v) is 5.57. The molecule has 0 aliphatic rings. The van der Waals surface area contributed by atoms with Gasteiger partial charge in [-0.1, -0.05) is 44.9 Å². The number of alkyl halides is 1. The molecule has 0 saturated carbocycles. The molecule has 0 aliphatic heterocycles. The summed E-state index contributed by atoms with van der Waals surface area (Å²) in [6.07, 6.45) is 9.01. The standard InChI is InChI=1S/C12H22Cl4O2Si/c13-11-12(17)18-9-7-5-3-1-2-4-6-8-10-19(14,15)16/h1-11H2. The van der Waals surface area contributed by atoms with Crippen molar-refractivity contribution in [2.24, 2.45) is 0 Å². The molecule has 0 atom stereocenters. The first-order valence-corrected chi connectivity index (χ1v) is 12.5. The maximum Gasteiger partial charge on any atom is 0.341 e. The van der Waals surface area contributed by atoms with E-state index in [0.717, 1.165) is 31.7 Å². The molecule has 0 fully saturated rings. The summed E-state index contributed by atoms with van der Waals surface area (Å²) >= 11 is 22.7. The lowest BCUT2D eigenvalue weighted by Gasteiger charge is -2.07. The monoisotopic (exact) mass is 366 g/mol. The van der Waals surface area contributed by atoms with Crippen LogP contribution < -0.4 is 0 Å². The summed E-state index contributed by atoms with van der Waals surface area (Å²) in [4.78, 5) is 10.7. The van der Waals surface area contributed by atoms with Crippen LogP contribution in [0.4, 0.5) is 0 Å². The SMILES string of the molecule is O=C(CCl)OCCCCCCCCCC[Si](Cl)(Cl)Cl. The van der Waals surface area contributed by atoms with Crippen LogP contribution in [0.2, 0.25) is 6.04 Å². The Morgan fingerprint density at radius 3 is 1.79 bits per heavy atom. The first-order valence-electron chi connectivity index (χ1n) is 6.74. The molecule has 0 unspecified atom stereocenters. The van der Waals surface area contributed by atoms with Crippen LogP contribution >= 0.6 is 44.8 Å². The summed E-state index contributed by atoms with van der Waals surface area (Å²) in [6.45, 7) is 0.486. The molecule has 0 saturated heterocycles. The number of halogens is 4. The van der Waals surface area contributed by atoms with Gasteiger partial charge in [0.25, 0.3) is 0 Å². The Morgan fingerprint density at radius 2 is 1.32 bits per heavy atom. The van der Waals surface area contributed by atoms with Crippen molar-refractivity contribution in [2.45, 2.75) is 57.4 Å². The van der Waals surface area contributed by atoms with Crippen molar-refractivity contribution in [1.29, 1.82) is 0 Å². The van der Waals surface area contributed by atoms with Gasteiger partial charge in [-0.25, -0.2) is 0 Å². The van der Waals surface area contributed by atoms with Crippen molar-refractivity contribution in [1.82, 2.24) is 0 Å². The van der Waals surface area contributed by atoms with Gasteiger partial charge in [0.15, 0.2) is 0 Å². The maximum atomic E-state index is 10.7. The molecule has 19 heavy (non-hydrogen) atoms. The van der Waals surface area contributed by atoms with Gasteiger partial charge in [0, 0.05) is 0 Å². The normalized spacial score (nSPS) is 11.6. The van der Waals surface area contributed by atoms with Gasteiger partial charge in [-0.05, 0) is 12.5 Å². The lowest BCUT2D eigenvalue weighted by atomic mass is 10.1. The topological polar surface area (TPSA) is 26.3 Å². The Balaban J connectivity index is 3.09. The van der Waals surface area contributed by atoms with Gasteiger partial charge in [-0.15, -0.1) is 44.8 Å². The number of carbonyl (C=O) groups is 1. The minimum Gasteiger partial charge on any atom is -0.465 e. The Morgan fingerprint density at radius 1 is 0.842 bits per heavy atom. The zero-order valence-corrected chi connectivity index (χ0v) is 15.1. The van der Waals surface area contributed by atoms with E-state index in [9.17, 15) is 4.79 Å². The van der Waals surface area contributed by atoms with Gasteiger partial charge < -0.3 is 4.74 Å². The van der Waals surface area contributed by atoms with Crippen LogP contribution in [0.3, 0.4) is 0 Å². The van der Waals surface area contributed by atoms with Crippen molar-refractivity contribution in [2.75, 3.05) is 12.5 Å². The van der Waals surface area contributed by atoms with Gasteiger partial charge in [-0.2, -0.15) is 0 Å². The first-order chi connectivity index (χ1) is 8.95. The summed E-state index contributed by atoms with van der Waals surface area (Å²) in [7, 11) is 0. The number of esters is 1. The number of carbonyl (C=O) groups excluding carboxylic acids is 1. The fraction of sp³-hybridized carbons (Fsp3) is 0.917. The van der Waals surface area contributed by atoms with E-state index in [1.807, 2.05) is 0 Å². The molecular weight excluding hydrogens is 346 g/mol. The molecule has 0 heterocycles.